The molecule has 7 nitrogen and oxygen atoms in total. The molecule has 0 spiro atoms. The van der Waals surface area contributed by atoms with E-state index in [1.807, 2.05) is 30.5 Å². The lowest BCUT2D eigenvalue weighted by atomic mass is 10.1. The fourth-order valence-electron chi connectivity index (χ4n) is 2.26. The zero-order valence-electron chi connectivity index (χ0n) is 13.4. The largest absolute Gasteiger partial charge is 0.466 e. The normalized spacial score (nSPS) is 11.8. The molecule has 0 fully saturated rings. The number of benzene rings is 1. The second kappa shape index (κ2) is 7.53. The van der Waals surface area contributed by atoms with Crippen LogP contribution in [0.25, 0.3) is 10.9 Å². The number of carbonyl (C=O) groups excluding carboxylic acids is 2. The average molecular weight is 320 g/mol. The number of carbonyl (C=O) groups is 2. The molecule has 2 aromatic rings. The Morgan fingerprint density at radius 3 is 2.65 bits per heavy atom. The number of alkyl carbamates (subject to hydrolysis) is 1. The lowest BCUT2D eigenvalue weighted by molar-refractivity contribution is -0.152. The first-order chi connectivity index (χ1) is 11.1. The molecule has 23 heavy (non-hydrogen) atoms. The number of nitrogens with one attached hydrogen (secondary N) is 1. The van der Waals surface area contributed by atoms with Crippen LogP contribution < -0.4 is 10.2 Å². The van der Waals surface area contributed by atoms with E-state index in [9.17, 15) is 9.59 Å². The SMILES string of the molecule is COC(=O)NCCc1cn(OC(C)C(=O)OC)c2ccccc12. The second-order valence-electron chi connectivity index (χ2n) is 4.94. The van der Waals surface area contributed by atoms with Gasteiger partial charge in [0.15, 0.2) is 0 Å². The van der Waals surface area contributed by atoms with Crippen molar-refractivity contribution in [1.82, 2.24) is 10.0 Å². The zero-order chi connectivity index (χ0) is 16.8. The van der Waals surface area contributed by atoms with Gasteiger partial charge in [-0.25, -0.2) is 9.59 Å². The predicted octanol–water partition coefficient (Wildman–Crippen LogP) is 1.53. The highest BCUT2D eigenvalue weighted by molar-refractivity contribution is 5.84. The first-order valence-corrected chi connectivity index (χ1v) is 7.22. The van der Waals surface area contributed by atoms with E-state index >= 15 is 0 Å². The molecule has 2 rings (SSSR count). The molecule has 1 unspecified atom stereocenters. The fraction of sp³-hybridized carbons (Fsp3) is 0.375. The molecule has 124 valence electrons. The molecule has 0 aliphatic rings. The monoisotopic (exact) mass is 320 g/mol. The summed E-state index contributed by atoms with van der Waals surface area (Å²) in [6.45, 7) is 2.06. The Kier molecular flexibility index (Phi) is 5.46. The van der Waals surface area contributed by atoms with Crippen LogP contribution in [-0.4, -0.2) is 43.7 Å². The number of methoxy groups -OCH3 is 2. The molecular weight excluding hydrogens is 300 g/mol. The van der Waals surface area contributed by atoms with Crippen molar-refractivity contribution in [3.63, 3.8) is 0 Å². The van der Waals surface area contributed by atoms with Crippen molar-refractivity contribution in [3.8, 4) is 0 Å². The molecule has 1 amide bonds. The Morgan fingerprint density at radius 1 is 1.22 bits per heavy atom. The van der Waals surface area contributed by atoms with E-state index in [1.165, 1.54) is 14.2 Å². The van der Waals surface area contributed by atoms with Gasteiger partial charge in [0, 0.05) is 18.1 Å². The van der Waals surface area contributed by atoms with E-state index in [2.05, 4.69) is 14.8 Å². The number of hydrogen-bond donors (Lipinski definition) is 1. The summed E-state index contributed by atoms with van der Waals surface area (Å²) >= 11 is 0. The molecule has 0 saturated heterocycles. The van der Waals surface area contributed by atoms with Crippen LogP contribution in [-0.2, 0) is 20.7 Å². The number of amides is 1. The maximum absolute atomic E-state index is 11.5. The molecule has 0 saturated carbocycles. The summed E-state index contributed by atoms with van der Waals surface area (Å²) in [5.74, 6) is -0.448. The van der Waals surface area contributed by atoms with Crippen molar-refractivity contribution < 1.29 is 23.9 Å². The smallest absolute Gasteiger partial charge is 0.406 e. The van der Waals surface area contributed by atoms with Gasteiger partial charge < -0.3 is 19.6 Å². The third kappa shape index (κ3) is 3.94. The van der Waals surface area contributed by atoms with E-state index in [4.69, 9.17) is 4.84 Å². The Morgan fingerprint density at radius 2 is 1.96 bits per heavy atom. The van der Waals surface area contributed by atoms with Crippen molar-refractivity contribution in [1.29, 1.82) is 0 Å². The Bertz CT molecular complexity index is 695. The summed E-state index contributed by atoms with van der Waals surface area (Å²) in [5, 5.41) is 3.63. The molecule has 1 atom stereocenters. The van der Waals surface area contributed by atoms with Crippen molar-refractivity contribution in [2.45, 2.75) is 19.4 Å². The fourth-order valence-corrected chi connectivity index (χ4v) is 2.26. The number of aromatic nitrogens is 1. The molecule has 0 bridgehead atoms. The first kappa shape index (κ1) is 16.7. The van der Waals surface area contributed by atoms with Crippen LogP contribution in [0.2, 0.25) is 0 Å². The van der Waals surface area contributed by atoms with E-state index in [-0.39, 0.29) is 0 Å². The highest BCUT2D eigenvalue weighted by Crippen LogP contribution is 2.21. The minimum atomic E-state index is -0.725. The molecular formula is C16H20N2O5. The molecule has 0 aliphatic carbocycles. The van der Waals surface area contributed by atoms with E-state index < -0.39 is 18.2 Å². The number of hydrogen-bond acceptors (Lipinski definition) is 5. The lowest BCUT2D eigenvalue weighted by Crippen LogP contribution is -2.30. The van der Waals surface area contributed by atoms with E-state index in [1.54, 1.807) is 11.7 Å². The third-order valence-corrected chi connectivity index (χ3v) is 3.41. The standard InChI is InChI=1S/C16H20N2O5/c1-11(15(19)21-2)23-18-10-12(8-9-17-16(20)22-3)13-6-4-5-7-14(13)18/h4-7,10-11H,8-9H2,1-3H3,(H,17,20). The number of esters is 1. The van der Waals surface area contributed by atoms with Gasteiger partial charge in [-0.2, -0.15) is 4.73 Å². The summed E-state index contributed by atoms with van der Waals surface area (Å²) in [7, 11) is 2.64. The van der Waals surface area contributed by atoms with Crippen molar-refractivity contribution in [3.05, 3.63) is 36.0 Å². The number of fused-ring (bicyclic) bond motifs is 1. The number of ether oxygens (including phenoxy) is 2. The highest BCUT2D eigenvalue weighted by atomic mass is 16.7. The van der Waals surface area contributed by atoms with Crippen LogP contribution in [0.5, 0.6) is 0 Å². The lowest BCUT2D eigenvalue weighted by Gasteiger charge is -2.13. The molecule has 0 aliphatic heterocycles. The van der Waals surface area contributed by atoms with Gasteiger partial charge in [-0.05, 0) is 25.0 Å². The third-order valence-electron chi connectivity index (χ3n) is 3.41. The van der Waals surface area contributed by atoms with Gasteiger partial charge in [-0.15, -0.1) is 0 Å². The van der Waals surface area contributed by atoms with Crippen LogP contribution in [0.15, 0.2) is 30.5 Å². The summed E-state index contributed by atoms with van der Waals surface area (Å²) in [4.78, 5) is 28.3. The van der Waals surface area contributed by atoms with Crippen LogP contribution in [0.4, 0.5) is 4.79 Å². The predicted molar refractivity (Wildman–Crippen MR) is 84.1 cm³/mol. The van der Waals surface area contributed by atoms with Gasteiger partial charge in [0.1, 0.15) is 0 Å². The van der Waals surface area contributed by atoms with Gasteiger partial charge >= 0.3 is 12.1 Å². The van der Waals surface area contributed by atoms with Crippen molar-refractivity contribution in [2.75, 3.05) is 20.8 Å². The van der Waals surface area contributed by atoms with Crippen molar-refractivity contribution in [2.24, 2.45) is 0 Å². The van der Waals surface area contributed by atoms with E-state index in [0.717, 1.165) is 16.5 Å². The minimum Gasteiger partial charge on any atom is -0.466 e. The molecule has 0 radical (unpaired) electrons. The quantitative estimate of drug-likeness (QED) is 0.817. The molecule has 1 N–H and O–H groups in total. The van der Waals surface area contributed by atoms with Crippen molar-refractivity contribution >= 4 is 23.0 Å². The average Bonchev–Trinajstić information content (AvgIpc) is 2.92. The summed E-state index contributed by atoms with van der Waals surface area (Å²) in [6, 6.07) is 7.68. The Labute approximate surface area is 134 Å². The van der Waals surface area contributed by atoms with Gasteiger partial charge in [-0.3, -0.25) is 0 Å². The maximum Gasteiger partial charge on any atom is 0.406 e. The van der Waals surface area contributed by atoms with Gasteiger partial charge in [0.05, 0.1) is 19.7 Å². The molecule has 7 heteroatoms. The van der Waals surface area contributed by atoms with Crippen LogP contribution in [0, 0.1) is 0 Å². The second-order valence-corrected chi connectivity index (χ2v) is 4.94. The summed E-state index contributed by atoms with van der Waals surface area (Å²) in [5.41, 5.74) is 1.84. The van der Waals surface area contributed by atoms with Gasteiger partial charge in [-0.1, -0.05) is 18.2 Å². The topological polar surface area (TPSA) is 78.8 Å². The maximum atomic E-state index is 11.5. The Balaban J connectivity index is 2.18. The molecule has 1 heterocycles. The van der Waals surface area contributed by atoms with Gasteiger partial charge in [0.2, 0.25) is 6.10 Å². The van der Waals surface area contributed by atoms with Crippen LogP contribution in [0.3, 0.4) is 0 Å². The van der Waals surface area contributed by atoms with Crippen LogP contribution in [0.1, 0.15) is 12.5 Å². The number of rotatable bonds is 6. The summed E-state index contributed by atoms with van der Waals surface area (Å²) in [6.07, 6.45) is 1.22. The Hall–Kier alpha value is -2.70. The number of nitrogens with zero attached hydrogens (tertiary/aromatic N) is 1. The van der Waals surface area contributed by atoms with Gasteiger partial charge in [0.25, 0.3) is 0 Å². The molecule has 1 aromatic heterocycles. The minimum absolute atomic E-state index is 0.438. The highest BCUT2D eigenvalue weighted by Gasteiger charge is 2.17. The summed E-state index contributed by atoms with van der Waals surface area (Å²) < 4.78 is 10.8. The zero-order valence-corrected chi connectivity index (χ0v) is 13.4. The number of para-hydroxylation sites is 1. The first-order valence-electron chi connectivity index (χ1n) is 7.22. The van der Waals surface area contributed by atoms with Crippen LogP contribution >= 0.6 is 0 Å². The molecule has 1 aromatic carbocycles. The van der Waals surface area contributed by atoms with E-state index in [0.29, 0.717) is 13.0 Å².